The summed E-state index contributed by atoms with van der Waals surface area (Å²) in [6.45, 7) is 1.53. The second kappa shape index (κ2) is 8.98. The molecule has 7 heteroatoms. The van der Waals surface area contributed by atoms with Crippen LogP contribution in [0.1, 0.15) is 24.0 Å². The normalized spacial score (nSPS) is 18.6. The predicted molar refractivity (Wildman–Crippen MR) is 111 cm³/mol. The van der Waals surface area contributed by atoms with Gasteiger partial charge in [0.1, 0.15) is 12.4 Å². The van der Waals surface area contributed by atoms with Gasteiger partial charge in [0.25, 0.3) is 0 Å². The number of hydrogen-bond donors (Lipinski definition) is 1. The number of nitrogens with one attached hydrogen (secondary N) is 1. The highest BCUT2D eigenvalue weighted by molar-refractivity contribution is 6.02. The van der Waals surface area contributed by atoms with Crippen molar-refractivity contribution in [3.8, 4) is 5.75 Å². The molecule has 2 aromatic carbocycles. The molecule has 2 heterocycles. The molecule has 0 saturated carbocycles. The Labute approximate surface area is 175 Å². The summed E-state index contributed by atoms with van der Waals surface area (Å²) in [7, 11) is 0. The second-order valence-electron chi connectivity index (χ2n) is 7.63. The minimum absolute atomic E-state index is 0.0418. The van der Waals surface area contributed by atoms with Gasteiger partial charge in [-0.15, -0.1) is 0 Å². The maximum atomic E-state index is 12.6. The zero-order valence-electron chi connectivity index (χ0n) is 16.8. The van der Waals surface area contributed by atoms with Crippen LogP contribution < -0.4 is 10.1 Å². The zero-order chi connectivity index (χ0) is 20.9. The third-order valence-electron chi connectivity index (χ3n) is 5.53. The maximum absolute atomic E-state index is 12.6. The van der Waals surface area contributed by atoms with Crippen molar-refractivity contribution in [2.24, 2.45) is 0 Å². The molecule has 0 spiro atoms. The number of urea groups is 1. The highest BCUT2D eigenvalue weighted by Gasteiger charge is 2.39. The van der Waals surface area contributed by atoms with Crippen LogP contribution in [-0.4, -0.2) is 53.3 Å². The number of amides is 4. The molecular formula is C23H25N3O4. The van der Waals surface area contributed by atoms with E-state index in [1.807, 2.05) is 54.6 Å². The van der Waals surface area contributed by atoms with Gasteiger partial charge in [0, 0.05) is 19.5 Å². The first-order valence-electron chi connectivity index (χ1n) is 10.2. The molecule has 2 aliphatic heterocycles. The number of carbonyl (C=O) groups is 3. The number of imide groups is 1. The monoisotopic (exact) mass is 407 g/mol. The van der Waals surface area contributed by atoms with Gasteiger partial charge in [0.2, 0.25) is 11.8 Å². The molecule has 0 radical (unpaired) electrons. The topological polar surface area (TPSA) is 79.0 Å². The van der Waals surface area contributed by atoms with E-state index in [4.69, 9.17) is 4.74 Å². The van der Waals surface area contributed by atoms with E-state index in [1.54, 1.807) is 4.90 Å². The van der Waals surface area contributed by atoms with Crippen molar-refractivity contribution in [3.05, 3.63) is 65.7 Å². The van der Waals surface area contributed by atoms with Crippen molar-refractivity contribution in [1.29, 1.82) is 0 Å². The molecular weight excluding hydrogens is 382 g/mol. The summed E-state index contributed by atoms with van der Waals surface area (Å²) in [4.78, 5) is 39.3. The predicted octanol–water partition coefficient (Wildman–Crippen LogP) is 2.35. The van der Waals surface area contributed by atoms with Crippen LogP contribution in [0.25, 0.3) is 0 Å². The fourth-order valence-corrected chi connectivity index (χ4v) is 3.92. The van der Waals surface area contributed by atoms with Crippen LogP contribution in [0.3, 0.4) is 0 Å². The Morgan fingerprint density at radius 2 is 1.87 bits per heavy atom. The lowest BCUT2D eigenvalue weighted by molar-refractivity contribution is -0.131. The summed E-state index contributed by atoms with van der Waals surface area (Å²) in [5.41, 5.74) is 2.14. The van der Waals surface area contributed by atoms with E-state index in [2.05, 4.69) is 5.32 Å². The third kappa shape index (κ3) is 4.62. The Hall–Kier alpha value is -3.35. The summed E-state index contributed by atoms with van der Waals surface area (Å²) in [5.74, 6) is 0.607. The zero-order valence-corrected chi connectivity index (χ0v) is 16.8. The average molecular weight is 407 g/mol. The van der Waals surface area contributed by atoms with E-state index in [-0.39, 0.29) is 30.4 Å². The molecule has 1 N–H and O–H groups in total. The molecule has 0 aromatic heterocycles. The van der Waals surface area contributed by atoms with Crippen molar-refractivity contribution < 1.29 is 19.1 Å². The van der Waals surface area contributed by atoms with Crippen LogP contribution in [0.5, 0.6) is 5.75 Å². The Morgan fingerprint density at radius 1 is 1.07 bits per heavy atom. The van der Waals surface area contributed by atoms with Gasteiger partial charge < -0.3 is 15.0 Å². The van der Waals surface area contributed by atoms with Crippen LogP contribution in [0.2, 0.25) is 0 Å². The third-order valence-corrected chi connectivity index (χ3v) is 5.53. The molecule has 4 amide bonds. The van der Waals surface area contributed by atoms with E-state index in [1.165, 1.54) is 4.90 Å². The summed E-state index contributed by atoms with van der Waals surface area (Å²) in [5, 5.41) is 2.54. The van der Waals surface area contributed by atoms with Gasteiger partial charge in [-0.3, -0.25) is 14.5 Å². The number of rotatable bonds is 7. The smallest absolute Gasteiger partial charge is 0.324 e. The van der Waals surface area contributed by atoms with Crippen molar-refractivity contribution in [3.63, 3.8) is 0 Å². The van der Waals surface area contributed by atoms with Crippen molar-refractivity contribution >= 4 is 17.8 Å². The van der Waals surface area contributed by atoms with Gasteiger partial charge >= 0.3 is 6.03 Å². The molecule has 0 aliphatic carbocycles. The van der Waals surface area contributed by atoms with Crippen LogP contribution in [0.15, 0.2) is 54.6 Å². The van der Waals surface area contributed by atoms with Gasteiger partial charge in [-0.25, -0.2) is 4.79 Å². The average Bonchev–Trinajstić information content (AvgIpc) is 3.38. The molecule has 7 nitrogen and oxygen atoms in total. The van der Waals surface area contributed by atoms with Crippen molar-refractivity contribution in [2.75, 3.05) is 19.6 Å². The van der Waals surface area contributed by atoms with Gasteiger partial charge in [-0.05, 0) is 36.1 Å². The van der Waals surface area contributed by atoms with E-state index in [0.717, 1.165) is 16.9 Å². The van der Waals surface area contributed by atoms with Crippen molar-refractivity contribution in [1.82, 2.24) is 15.1 Å². The van der Waals surface area contributed by atoms with Crippen LogP contribution >= 0.6 is 0 Å². The molecule has 1 atom stereocenters. The van der Waals surface area contributed by atoms with Gasteiger partial charge in [-0.1, -0.05) is 42.5 Å². The number of carbonyl (C=O) groups excluding carboxylic acids is 3. The lowest BCUT2D eigenvalue weighted by Gasteiger charge is -2.21. The van der Waals surface area contributed by atoms with E-state index in [9.17, 15) is 14.4 Å². The molecule has 30 heavy (non-hydrogen) atoms. The summed E-state index contributed by atoms with van der Waals surface area (Å²) in [6.07, 6.45) is 1.63. The van der Waals surface area contributed by atoms with Gasteiger partial charge in [-0.2, -0.15) is 0 Å². The van der Waals surface area contributed by atoms with Crippen molar-refractivity contribution in [2.45, 2.75) is 31.9 Å². The highest BCUT2D eigenvalue weighted by Crippen LogP contribution is 2.20. The second-order valence-corrected chi connectivity index (χ2v) is 7.63. The number of hydrogen-bond acceptors (Lipinski definition) is 4. The SMILES string of the molecule is O=C(CCc1cccc(OCc2ccccc2)c1)N1CCC(N2C(=O)CNC2=O)C1. The first kappa shape index (κ1) is 19.9. The quantitative estimate of drug-likeness (QED) is 0.715. The molecule has 0 bridgehead atoms. The standard InChI is InChI=1S/C23H25N3O4/c27-21(25-12-11-19(15-25)26-22(28)14-24-23(26)29)10-9-17-7-4-8-20(13-17)30-16-18-5-2-1-3-6-18/h1-8,13,19H,9-12,14-16H2,(H,24,29). The minimum atomic E-state index is -0.355. The number of likely N-dealkylation sites (tertiary alicyclic amines) is 1. The Kier molecular flexibility index (Phi) is 5.97. The van der Waals surface area contributed by atoms with E-state index < -0.39 is 0 Å². The molecule has 2 fully saturated rings. The first-order valence-corrected chi connectivity index (χ1v) is 10.2. The highest BCUT2D eigenvalue weighted by atomic mass is 16.5. The van der Waals surface area contributed by atoms with Crippen LogP contribution in [-0.2, 0) is 22.6 Å². The Balaban J connectivity index is 1.27. The fourth-order valence-electron chi connectivity index (χ4n) is 3.92. The van der Waals surface area contributed by atoms with Gasteiger partial charge in [0.15, 0.2) is 0 Å². The molecule has 1 unspecified atom stereocenters. The number of aryl methyl sites for hydroxylation is 1. The van der Waals surface area contributed by atoms with Gasteiger partial charge in [0.05, 0.1) is 12.6 Å². The maximum Gasteiger partial charge on any atom is 0.324 e. The molecule has 2 saturated heterocycles. The number of benzene rings is 2. The first-order chi connectivity index (χ1) is 14.6. The largest absolute Gasteiger partial charge is 0.489 e. The summed E-state index contributed by atoms with van der Waals surface area (Å²) < 4.78 is 5.86. The molecule has 4 rings (SSSR count). The van der Waals surface area contributed by atoms with E-state index >= 15 is 0 Å². The van der Waals surface area contributed by atoms with Crippen LogP contribution in [0.4, 0.5) is 4.79 Å². The summed E-state index contributed by atoms with van der Waals surface area (Å²) in [6, 6.07) is 17.2. The Bertz CT molecular complexity index is 915. The fraction of sp³-hybridized carbons (Fsp3) is 0.348. The van der Waals surface area contributed by atoms with Crippen LogP contribution in [0, 0.1) is 0 Å². The Morgan fingerprint density at radius 3 is 2.63 bits per heavy atom. The lowest BCUT2D eigenvalue weighted by Crippen LogP contribution is -2.42. The lowest BCUT2D eigenvalue weighted by atomic mass is 10.1. The molecule has 156 valence electrons. The molecule has 2 aromatic rings. The molecule has 2 aliphatic rings. The minimum Gasteiger partial charge on any atom is -0.489 e. The van der Waals surface area contributed by atoms with E-state index in [0.29, 0.717) is 39.0 Å². The number of ether oxygens (including phenoxy) is 1. The number of nitrogens with zero attached hydrogens (tertiary/aromatic N) is 2. The summed E-state index contributed by atoms with van der Waals surface area (Å²) >= 11 is 0.